The van der Waals surface area contributed by atoms with Gasteiger partial charge in [0.25, 0.3) is 5.91 Å². The summed E-state index contributed by atoms with van der Waals surface area (Å²) in [6.45, 7) is 0. The number of hydrogen-bond acceptors (Lipinski definition) is 2. The minimum atomic E-state index is -0.914. The van der Waals surface area contributed by atoms with Gasteiger partial charge in [-0.2, -0.15) is 0 Å². The van der Waals surface area contributed by atoms with Gasteiger partial charge in [0, 0.05) is 16.3 Å². The molecule has 0 atom stereocenters. The van der Waals surface area contributed by atoms with E-state index in [4.69, 9.17) is 16.3 Å². The fraction of sp³-hybridized carbons (Fsp3) is 0.0500. The molecule has 3 nitrogen and oxygen atoms in total. The first-order chi connectivity index (χ1) is 12.5. The van der Waals surface area contributed by atoms with Crippen LogP contribution in [0.5, 0.6) is 5.75 Å². The number of rotatable bonds is 4. The van der Waals surface area contributed by atoms with E-state index in [-0.39, 0.29) is 0 Å². The molecule has 0 aliphatic rings. The minimum Gasteiger partial charge on any atom is -0.496 e. The molecule has 0 saturated carbocycles. The Hall–Kier alpha value is -2.92. The number of carbonyl (C=O) groups excluding carboxylic acids is 1. The van der Waals surface area contributed by atoms with Gasteiger partial charge in [-0.05, 0) is 48.0 Å². The van der Waals surface area contributed by atoms with Crippen LogP contribution in [-0.2, 0) is 0 Å². The standard InChI is InChI=1S/C20H14ClF2NO2/c1-26-18-10-7-13(21)11-15(18)12-5-8-14(9-6-12)24-20(25)19-16(22)3-2-4-17(19)23/h2-11H,1H3,(H,24,25). The van der Waals surface area contributed by atoms with Crippen LogP contribution in [0.4, 0.5) is 14.5 Å². The third-order valence-corrected chi connectivity index (χ3v) is 4.04. The molecule has 1 amide bonds. The number of hydrogen-bond donors (Lipinski definition) is 1. The van der Waals surface area contributed by atoms with Gasteiger partial charge in [0.15, 0.2) is 0 Å². The highest BCUT2D eigenvalue weighted by Gasteiger charge is 2.17. The molecule has 0 aliphatic carbocycles. The summed E-state index contributed by atoms with van der Waals surface area (Å²) in [5.74, 6) is -2.03. The Labute approximate surface area is 154 Å². The Balaban J connectivity index is 1.85. The van der Waals surface area contributed by atoms with Crippen molar-refractivity contribution < 1.29 is 18.3 Å². The number of halogens is 3. The molecule has 0 radical (unpaired) electrons. The van der Waals surface area contributed by atoms with E-state index in [2.05, 4.69) is 5.32 Å². The van der Waals surface area contributed by atoms with Gasteiger partial charge in [-0.15, -0.1) is 0 Å². The summed E-state index contributed by atoms with van der Waals surface area (Å²) in [4.78, 5) is 12.1. The average molecular weight is 374 g/mol. The Kier molecular flexibility index (Phi) is 5.19. The Morgan fingerprint density at radius 2 is 1.65 bits per heavy atom. The molecular formula is C20H14ClF2NO2. The van der Waals surface area contributed by atoms with Crippen molar-refractivity contribution >= 4 is 23.2 Å². The quantitative estimate of drug-likeness (QED) is 0.651. The molecule has 3 aromatic rings. The summed E-state index contributed by atoms with van der Waals surface area (Å²) in [5, 5.41) is 3.05. The maximum Gasteiger partial charge on any atom is 0.261 e. The third kappa shape index (κ3) is 3.68. The number of amides is 1. The molecule has 6 heteroatoms. The number of nitrogens with one attached hydrogen (secondary N) is 1. The summed E-state index contributed by atoms with van der Waals surface area (Å²) >= 11 is 6.04. The van der Waals surface area contributed by atoms with Crippen molar-refractivity contribution in [2.24, 2.45) is 0 Å². The fourth-order valence-electron chi connectivity index (χ4n) is 2.55. The van der Waals surface area contributed by atoms with E-state index in [1.165, 1.54) is 6.07 Å². The first-order valence-electron chi connectivity index (χ1n) is 7.69. The zero-order chi connectivity index (χ0) is 18.7. The van der Waals surface area contributed by atoms with Crippen LogP contribution < -0.4 is 10.1 Å². The second kappa shape index (κ2) is 7.54. The predicted molar refractivity (Wildman–Crippen MR) is 97.8 cm³/mol. The van der Waals surface area contributed by atoms with Gasteiger partial charge in [0.05, 0.1) is 7.11 Å². The summed E-state index contributed by atoms with van der Waals surface area (Å²) in [6, 6.07) is 15.3. The lowest BCUT2D eigenvalue weighted by Crippen LogP contribution is -2.15. The van der Waals surface area contributed by atoms with Crippen LogP contribution in [0.1, 0.15) is 10.4 Å². The lowest BCUT2D eigenvalue weighted by molar-refractivity contribution is 0.101. The normalized spacial score (nSPS) is 10.5. The van der Waals surface area contributed by atoms with Crippen molar-refractivity contribution in [3.63, 3.8) is 0 Å². The Morgan fingerprint density at radius 3 is 2.27 bits per heavy atom. The summed E-state index contributed by atoms with van der Waals surface area (Å²) in [5.41, 5.74) is 1.40. The molecule has 132 valence electrons. The Morgan fingerprint density at radius 1 is 1.00 bits per heavy atom. The van der Waals surface area contributed by atoms with Crippen molar-refractivity contribution in [3.05, 3.63) is 82.9 Å². The number of carbonyl (C=O) groups is 1. The topological polar surface area (TPSA) is 38.3 Å². The molecule has 0 aromatic heterocycles. The molecule has 0 spiro atoms. The first kappa shape index (κ1) is 17.9. The lowest BCUT2D eigenvalue weighted by atomic mass is 10.0. The highest BCUT2D eigenvalue weighted by Crippen LogP contribution is 2.33. The van der Waals surface area contributed by atoms with Crippen molar-refractivity contribution in [2.45, 2.75) is 0 Å². The van der Waals surface area contributed by atoms with Crippen molar-refractivity contribution in [1.29, 1.82) is 0 Å². The number of benzene rings is 3. The van der Waals surface area contributed by atoms with Crippen LogP contribution in [0, 0.1) is 11.6 Å². The van der Waals surface area contributed by atoms with Gasteiger partial charge >= 0.3 is 0 Å². The summed E-state index contributed by atoms with van der Waals surface area (Å²) < 4.78 is 32.7. The third-order valence-electron chi connectivity index (χ3n) is 3.81. The van der Waals surface area contributed by atoms with Gasteiger partial charge in [0.2, 0.25) is 0 Å². The van der Waals surface area contributed by atoms with E-state index in [1.807, 2.05) is 0 Å². The zero-order valence-corrected chi connectivity index (χ0v) is 14.5. The number of ether oxygens (including phenoxy) is 1. The monoisotopic (exact) mass is 373 g/mol. The first-order valence-corrected chi connectivity index (χ1v) is 8.06. The molecule has 1 N–H and O–H groups in total. The van der Waals surface area contributed by atoms with Crippen LogP contribution in [0.15, 0.2) is 60.7 Å². The van der Waals surface area contributed by atoms with Crippen molar-refractivity contribution in [2.75, 3.05) is 12.4 Å². The van der Waals surface area contributed by atoms with E-state index in [0.717, 1.165) is 23.3 Å². The fourth-order valence-corrected chi connectivity index (χ4v) is 2.72. The molecule has 3 aromatic carbocycles. The maximum absolute atomic E-state index is 13.7. The SMILES string of the molecule is COc1ccc(Cl)cc1-c1ccc(NC(=O)c2c(F)cccc2F)cc1. The average Bonchev–Trinajstić information content (AvgIpc) is 2.62. The molecular weight excluding hydrogens is 360 g/mol. The highest BCUT2D eigenvalue weighted by molar-refractivity contribution is 6.31. The molecule has 0 unspecified atom stereocenters. The second-order valence-electron chi connectivity index (χ2n) is 5.47. The van der Waals surface area contributed by atoms with Gasteiger partial charge in [-0.1, -0.05) is 29.8 Å². The molecule has 26 heavy (non-hydrogen) atoms. The zero-order valence-electron chi connectivity index (χ0n) is 13.7. The minimum absolute atomic E-state index is 0.405. The van der Waals surface area contributed by atoms with E-state index in [0.29, 0.717) is 16.5 Å². The summed E-state index contributed by atoms with van der Waals surface area (Å²) in [6.07, 6.45) is 0. The molecule has 3 rings (SSSR count). The van der Waals surface area contributed by atoms with Crippen LogP contribution in [-0.4, -0.2) is 13.0 Å². The maximum atomic E-state index is 13.7. The number of methoxy groups -OCH3 is 1. The molecule has 0 bridgehead atoms. The van der Waals surface area contributed by atoms with Gasteiger partial charge in [-0.25, -0.2) is 8.78 Å². The van der Waals surface area contributed by atoms with Gasteiger partial charge in [-0.3, -0.25) is 4.79 Å². The number of anilines is 1. The van der Waals surface area contributed by atoms with E-state index < -0.39 is 23.1 Å². The molecule has 0 fully saturated rings. The lowest BCUT2D eigenvalue weighted by Gasteiger charge is -2.11. The van der Waals surface area contributed by atoms with Crippen LogP contribution in [0.25, 0.3) is 11.1 Å². The summed E-state index contributed by atoms with van der Waals surface area (Å²) in [7, 11) is 1.56. The van der Waals surface area contributed by atoms with Crippen LogP contribution >= 0.6 is 11.6 Å². The van der Waals surface area contributed by atoms with E-state index in [9.17, 15) is 13.6 Å². The van der Waals surface area contributed by atoms with Crippen molar-refractivity contribution in [3.8, 4) is 16.9 Å². The molecule has 0 aliphatic heterocycles. The smallest absolute Gasteiger partial charge is 0.261 e. The van der Waals surface area contributed by atoms with Crippen LogP contribution in [0.2, 0.25) is 5.02 Å². The largest absolute Gasteiger partial charge is 0.496 e. The van der Waals surface area contributed by atoms with Crippen molar-refractivity contribution in [1.82, 2.24) is 0 Å². The molecule has 0 heterocycles. The predicted octanol–water partition coefficient (Wildman–Crippen LogP) is 5.55. The van der Waals surface area contributed by atoms with E-state index >= 15 is 0 Å². The van der Waals surface area contributed by atoms with Gasteiger partial charge in [0.1, 0.15) is 22.9 Å². The molecule has 0 saturated heterocycles. The van der Waals surface area contributed by atoms with Gasteiger partial charge < -0.3 is 10.1 Å². The Bertz CT molecular complexity index is 938. The second-order valence-corrected chi connectivity index (χ2v) is 5.91. The van der Waals surface area contributed by atoms with E-state index in [1.54, 1.807) is 49.6 Å². The highest BCUT2D eigenvalue weighted by atomic mass is 35.5. The van der Waals surface area contributed by atoms with Crippen LogP contribution in [0.3, 0.4) is 0 Å².